The molecule has 5 aliphatic rings. The number of oxime groups is 1. The molecular formula is C37H40ClN8NaO11S2. The number of benzene rings is 1. The molecule has 6 N–H and O–H groups in total. The van der Waals surface area contributed by atoms with Gasteiger partial charge in [-0.2, -0.15) is 0 Å². The number of β-lactam (4-membered cyclic amide) rings is 1. The molecule has 314 valence electrons. The van der Waals surface area contributed by atoms with Gasteiger partial charge in [-0.15, -0.1) is 23.1 Å². The van der Waals surface area contributed by atoms with E-state index in [0.29, 0.717) is 62.0 Å². The number of nitrogens with one attached hydrogen (secondary N) is 2. The van der Waals surface area contributed by atoms with Crippen LogP contribution in [0.15, 0.2) is 38.9 Å². The Morgan fingerprint density at radius 2 is 1.82 bits per heavy atom. The quantitative estimate of drug-likeness (QED) is 0.0291. The van der Waals surface area contributed by atoms with Gasteiger partial charge in [0, 0.05) is 66.7 Å². The van der Waals surface area contributed by atoms with Gasteiger partial charge >= 0.3 is 29.6 Å². The van der Waals surface area contributed by atoms with Crippen molar-refractivity contribution < 1.29 is 83.3 Å². The van der Waals surface area contributed by atoms with Crippen LogP contribution in [0.2, 0.25) is 5.02 Å². The average Bonchev–Trinajstić information content (AvgIpc) is 3.62. The first kappa shape index (κ1) is 45.2. The smallest absolute Gasteiger partial charge is 0.546 e. The second kappa shape index (κ2) is 16.5. The summed E-state index contributed by atoms with van der Waals surface area (Å²) in [4.78, 5) is 88.4. The van der Waals surface area contributed by atoms with Crippen molar-refractivity contribution in [1.29, 1.82) is 0 Å². The number of aryl methyl sites for hydroxylation is 1. The molecule has 8 rings (SSSR count). The number of phenolic OH excluding ortho intramolecular Hbond substituents is 2. The number of nitrogens with two attached hydrogens (primary N) is 1. The maximum Gasteiger partial charge on any atom is 1.00 e. The van der Waals surface area contributed by atoms with Crippen molar-refractivity contribution in [1.82, 2.24) is 25.1 Å². The van der Waals surface area contributed by atoms with Crippen molar-refractivity contribution in [2.75, 3.05) is 38.5 Å². The summed E-state index contributed by atoms with van der Waals surface area (Å²) in [5.74, 6) is -6.48. The first-order chi connectivity index (χ1) is 27.7. The van der Waals surface area contributed by atoms with Crippen molar-refractivity contribution in [3.05, 3.63) is 55.4 Å². The number of halogens is 1. The van der Waals surface area contributed by atoms with Crippen LogP contribution in [0.1, 0.15) is 56.1 Å². The predicted molar refractivity (Wildman–Crippen MR) is 211 cm³/mol. The number of piperidine rings is 3. The Balaban J connectivity index is 0.00000604. The molecule has 0 spiro atoms. The number of hydrogen-bond acceptors (Lipinski definition) is 16. The Morgan fingerprint density at radius 1 is 1.17 bits per heavy atom. The molecule has 60 heavy (non-hydrogen) atoms. The maximum absolute atomic E-state index is 13.6. The van der Waals surface area contributed by atoms with Gasteiger partial charge in [0.1, 0.15) is 29.2 Å². The van der Waals surface area contributed by atoms with E-state index in [1.807, 2.05) is 6.92 Å². The molecular weight excluding hydrogens is 855 g/mol. The number of fused-ring (bicyclic) bond motifs is 5. The SMILES string of the molecule is C[C@@H]1S[C@@H]2[C@H](NC(=O)/C(=N\OC(C)(C)C(=O)[O-])c3csc(N)n3)C(=O)N2C(C(=O)[O-])=C1C[N+]12CCC(CNC(=O)c3cn(C)c4cc(O)c(O)c(Cl)c4c3=O)(CC1)CC2.[Na+]. The number of hydrogen-bond donors (Lipinski definition) is 5. The fourth-order valence-electron chi connectivity index (χ4n) is 8.14. The van der Waals surface area contributed by atoms with Gasteiger partial charge in [-0.1, -0.05) is 16.8 Å². The molecule has 4 saturated heterocycles. The van der Waals surface area contributed by atoms with Crippen LogP contribution < -0.4 is 61.6 Å². The van der Waals surface area contributed by atoms with Crippen molar-refractivity contribution in [2.24, 2.45) is 17.6 Å². The molecule has 3 amide bonds. The summed E-state index contributed by atoms with van der Waals surface area (Å²) in [7, 11) is 1.58. The third-order valence-electron chi connectivity index (χ3n) is 11.8. The zero-order chi connectivity index (χ0) is 42.9. The number of carboxylic acids is 2. The molecule has 0 aliphatic carbocycles. The van der Waals surface area contributed by atoms with Gasteiger partial charge in [-0.3, -0.25) is 24.1 Å². The first-order valence-corrected chi connectivity index (χ1v) is 20.7. The minimum atomic E-state index is -1.92. The van der Waals surface area contributed by atoms with Crippen LogP contribution in [0.3, 0.4) is 0 Å². The fourth-order valence-corrected chi connectivity index (χ4v) is 10.4. The monoisotopic (exact) mass is 894 g/mol. The third kappa shape index (κ3) is 7.95. The zero-order valence-electron chi connectivity index (χ0n) is 33.2. The number of aliphatic carboxylic acids is 2. The van der Waals surface area contributed by atoms with Gasteiger partial charge < -0.3 is 60.3 Å². The number of thiazole rings is 1. The maximum atomic E-state index is 13.6. The third-order valence-corrected chi connectivity index (χ3v) is 14.3. The van der Waals surface area contributed by atoms with Crippen LogP contribution in [0, 0.1) is 5.41 Å². The van der Waals surface area contributed by atoms with Crippen molar-refractivity contribution >= 4 is 86.1 Å². The number of rotatable bonds is 12. The summed E-state index contributed by atoms with van der Waals surface area (Å²) in [6.45, 7) is 6.83. The Morgan fingerprint density at radius 3 is 2.40 bits per heavy atom. The van der Waals surface area contributed by atoms with E-state index in [4.69, 9.17) is 22.2 Å². The Labute approximate surface area is 377 Å². The average molecular weight is 895 g/mol. The van der Waals surface area contributed by atoms with Crippen molar-refractivity contribution in [2.45, 2.75) is 62.3 Å². The van der Waals surface area contributed by atoms with E-state index in [0.717, 1.165) is 16.2 Å². The van der Waals surface area contributed by atoms with Gasteiger partial charge in [0.2, 0.25) is 5.43 Å². The number of nitrogens with zero attached hydrogens (tertiary/aromatic N) is 5. The van der Waals surface area contributed by atoms with E-state index in [1.165, 1.54) is 47.8 Å². The second-order valence-corrected chi connectivity index (χ2v) is 18.7. The molecule has 2 bridgehead atoms. The first-order valence-electron chi connectivity index (χ1n) is 18.5. The van der Waals surface area contributed by atoms with E-state index in [-0.39, 0.29) is 78.2 Å². The standard InChI is InChI=1S/C37H41ClN8O11S2.Na/c1-16-18(26(33(53)54)45-31(52)25(32(45)59-16)42-30(51)24(19-14-58-35(39)41-19)43-57-36(2,3)34(55)56)13-46-8-5-37(6-9-46,7-10-46)15-40-29(50)17-12-44(4)20-11-21(47)28(49)23(38)22(20)27(17)48;/h11-12,14,16,25,32H,5-10,13,15H2,1-4H3,(H7-,39,40,41,42,43,47,48,49,50,51,53,54,55,56);/q;+1/p-1/t16-,25+,32+,37?,46?;/m0./s1. The van der Waals surface area contributed by atoms with Gasteiger partial charge in [0.25, 0.3) is 17.7 Å². The minimum Gasteiger partial charge on any atom is -0.546 e. The van der Waals surface area contributed by atoms with Crippen LogP contribution in [-0.4, -0.2) is 120 Å². The molecule has 3 atom stereocenters. The number of carbonyl (C=O) groups is 5. The number of phenols is 2. The number of carboxylic acid groups (broad SMARTS) is 2. The van der Waals surface area contributed by atoms with E-state index >= 15 is 0 Å². The molecule has 4 fully saturated rings. The van der Waals surface area contributed by atoms with E-state index in [2.05, 4.69) is 20.8 Å². The van der Waals surface area contributed by atoms with Gasteiger partial charge in [0.15, 0.2) is 27.9 Å². The number of pyridine rings is 1. The van der Waals surface area contributed by atoms with E-state index in [1.54, 1.807) is 7.05 Å². The van der Waals surface area contributed by atoms with Gasteiger partial charge in [-0.05, 0) is 20.8 Å². The predicted octanol–water partition coefficient (Wildman–Crippen LogP) is -3.88. The molecule has 5 aliphatic heterocycles. The number of amides is 3. The van der Waals surface area contributed by atoms with Crippen molar-refractivity contribution in [3.8, 4) is 11.5 Å². The molecule has 0 saturated carbocycles. The van der Waals surface area contributed by atoms with Gasteiger partial charge in [-0.25, -0.2) is 4.98 Å². The normalized spacial score (nSPS) is 24.9. The number of quaternary nitrogens is 1. The van der Waals surface area contributed by atoms with Crippen LogP contribution in [0.25, 0.3) is 10.9 Å². The molecule has 0 radical (unpaired) electrons. The van der Waals surface area contributed by atoms with Crippen LogP contribution in [0.5, 0.6) is 11.5 Å². The molecule has 0 unspecified atom stereocenters. The molecule has 19 nitrogen and oxygen atoms in total. The number of anilines is 1. The number of aromatic hydroxyl groups is 2. The van der Waals surface area contributed by atoms with E-state index in [9.17, 15) is 49.2 Å². The van der Waals surface area contributed by atoms with Crippen LogP contribution in [0.4, 0.5) is 5.13 Å². The minimum absolute atomic E-state index is 0. The summed E-state index contributed by atoms with van der Waals surface area (Å²) in [6, 6.07) is 0.0304. The van der Waals surface area contributed by atoms with Gasteiger partial charge in [0.05, 0.1) is 53.2 Å². The number of thioether (sulfide) groups is 1. The largest absolute Gasteiger partial charge is 1.00 e. The number of aromatic nitrogens is 2. The fraction of sp³-hybridized carbons (Fsp3) is 0.459. The summed E-state index contributed by atoms with van der Waals surface area (Å²) in [5, 5.41) is 53.4. The van der Waals surface area contributed by atoms with E-state index < -0.39 is 69.3 Å². The molecule has 3 aromatic rings. The van der Waals surface area contributed by atoms with Crippen LogP contribution in [-0.2, 0) is 31.1 Å². The summed E-state index contributed by atoms with van der Waals surface area (Å²) >= 11 is 8.50. The molecule has 2 aromatic heterocycles. The van der Waals surface area contributed by atoms with Crippen LogP contribution >= 0.6 is 34.7 Å². The molecule has 1 aromatic carbocycles. The molecule has 23 heteroatoms. The topological polar surface area (TPSA) is 282 Å². The molecule has 7 heterocycles. The number of nitrogen functional groups attached to an aromatic ring is 1. The second-order valence-electron chi connectivity index (χ2n) is 15.9. The Kier molecular flexibility index (Phi) is 12.4. The Bertz CT molecular complexity index is 2450. The summed E-state index contributed by atoms with van der Waals surface area (Å²) in [5.41, 5.74) is 2.77. The summed E-state index contributed by atoms with van der Waals surface area (Å²) < 4.78 is 2.04. The van der Waals surface area contributed by atoms with Crippen molar-refractivity contribution in [3.63, 3.8) is 0 Å². The number of carbonyl (C=O) groups excluding carboxylic acids is 5. The zero-order valence-corrected chi connectivity index (χ0v) is 37.6. The summed E-state index contributed by atoms with van der Waals surface area (Å²) in [6.07, 6.45) is 3.47. The Hall–Kier alpha value is -4.38.